The highest BCUT2D eigenvalue weighted by Gasteiger charge is 2.00. The summed E-state index contributed by atoms with van der Waals surface area (Å²) in [5.74, 6) is -0.917. The molecule has 1 N–H and O–H groups in total. The number of carbonyl (C=O) groups is 1. The van der Waals surface area contributed by atoms with E-state index in [1.165, 1.54) is 24.8 Å². The third kappa shape index (κ3) is 6.77. The molecule has 0 saturated heterocycles. The first kappa shape index (κ1) is 15.4. The fourth-order valence-corrected chi connectivity index (χ4v) is 1.92. The van der Waals surface area contributed by atoms with Crippen LogP contribution in [-0.4, -0.2) is 29.6 Å². The zero-order chi connectivity index (χ0) is 14.1. The standard InChI is InChI=1S/C16H23NO2/c1-3-4-5-12-17(2)13-15-8-6-14(7-9-15)10-11-16(18)19/h6-11H,3-5,12-13H2,1-2H3,(H,18,19)/b11-10+. The maximum atomic E-state index is 10.4. The Hall–Kier alpha value is -1.61. The Morgan fingerprint density at radius 1 is 1.26 bits per heavy atom. The molecule has 0 aliphatic heterocycles. The summed E-state index contributed by atoms with van der Waals surface area (Å²) in [6.45, 7) is 4.27. The topological polar surface area (TPSA) is 40.5 Å². The van der Waals surface area contributed by atoms with Crippen molar-refractivity contribution < 1.29 is 9.90 Å². The van der Waals surface area contributed by atoms with Gasteiger partial charge in [-0.1, -0.05) is 44.0 Å². The first-order valence-corrected chi connectivity index (χ1v) is 6.80. The zero-order valence-electron chi connectivity index (χ0n) is 11.8. The maximum Gasteiger partial charge on any atom is 0.328 e. The van der Waals surface area contributed by atoms with Gasteiger partial charge in [0.25, 0.3) is 0 Å². The lowest BCUT2D eigenvalue weighted by atomic mass is 10.1. The Morgan fingerprint density at radius 2 is 1.95 bits per heavy atom. The molecule has 0 unspecified atom stereocenters. The summed E-state index contributed by atoms with van der Waals surface area (Å²) in [4.78, 5) is 12.7. The minimum absolute atomic E-state index is 0.916. The summed E-state index contributed by atoms with van der Waals surface area (Å²) >= 11 is 0. The van der Waals surface area contributed by atoms with E-state index in [0.29, 0.717) is 0 Å². The van der Waals surface area contributed by atoms with Gasteiger partial charge in [-0.15, -0.1) is 0 Å². The summed E-state index contributed by atoms with van der Waals surface area (Å²) in [7, 11) is 2.13. The average Bonchev–Trinajstić information content (AvgIpc) is 2.38. The highest BCUT2D eigenvalue weighted by Crippen LogP contribution is 2.09. The quantitative estimate of drug-likeness (QED) is 0.576. The molecule has 1 aromatic carbocycles. The van der Waals surface area contributed by atoms with Gasteiger partial charge in [0.1, 0.15) is 0 Å². The molecule has 0 amide bonds. The van der Waals surface area contributed by atoms with E-state index in [9.17, 15) is 4.79 Å². The molecule has 0 saturated carbocycles. The highest BCUT2D eigenvalue weighted by molar-refractivity contribution is 5.85. The number of nitrogens with zero attached hydrogens (tertiary/aromatic N) is 1. The molecule has 0 heterocycles. The third-order valence-electron chi connectivity index (χ3n) is 2.99. The molecule has 0 bridgehead atoms. The van der Waals surface area contributed by atoms with Crippen LogP contribution in [0.4, 0.5) is 0 Å². The second-order valence-corrected chi connectivity index (χ2v) is 4.86. The van der Waals surface area contributed by atoms with E-state index in [-0.39, 0.29) is 0 Å². The fraction of sp³-hybridized carbons (Fsp3) is 0.438. The molecule has 3 nitrogen and oxygen atoms in total. The zero-order valence-corrected chi connectivity index (χ0v) is 11.8. The molecule has 3 heteroatoms. The Morgan fingerprint density at radius 3 is 2.53 bits per heavy atom. The van der Waals surface area contributed by atoms with E-state index in [0.717, 1.165) is 24.7 Å². The minimum atomic E-state index is -0.917. The van der Waals surface area contributed by atoms with Gasteiger partial charge in [0.15, 0.2) is 0 Å². The van der Waals surface area contributed by atoms with Crippen molar-refractivity contribution in [2.75, 3.05) is 13.6 Å². The number of hydrogen-bond acceptors (Lipinski definition) is 2. The predicted molar refractivity (Wildman–Crippen MR) is 79.0 cm³/mol. The van der Waals surface area contributed by atoms with Gasteiger partial charge in [-0.05, 0) is 37.2 Å². The Balaban J connectivity index is 2.45. The lowest BCUT2D eigenvalue weighted by Crippen LogP contribution is -2.18. The van der Waals surface area contributed by atoms with Crippen molar-refractivity contribution in [1.29, 1.82) is 0 Å². The first-order valence-electron chi connectivity index (χ1n) is 6.80. The van der Waals surface area contributed by atoms with Crippen LogP contribution in [0.3, 0.4) is 0 Å². The SMILES string of the molecule is CCCCCN(C)Cc1ccc(/C=C/C(=O)O)cc1. The number of aliphatic carboxylic acids is 1. The van der Waals surface area contributed by atoms with E-state index < -0.39 is 5.97 Å². The minimum Gasteiger partial charge on any atom is -0.478 e. The number of unbranched alkanes of at least 4 members (excludes halogenated alkanes) is 2. The van der Waals surface area contributed by atoms with Gasteiger partial charge in [-0.2, -0.15) is 0 Å². The molecule has 0 aromatic heterocycles. The second kappa shape index (κ2) is 8.48. The van der Waals surface area contributed by atoms with Crippen molar-refractivity contribution in [1.82, 2.24) is 4.90 Å². The highest BCUT2D eigenvalue weighted by atomic mass is 16.4. The van der Waals surface area contributed by atoms with E-state index in [1.54, 1.807) is 6.08 Å². The summed E-state index contributed by atoms with van der Waals surface area (Å²) in [5.41, 5.74) is 2.17. The van der Waals surface area contributed by atoms with Crippen LogP contribution in [0, 0.1) is 0 Å². The summed E-state index contributed by atoms with van der Waals surface area (Å²) in [5, 5.41) is 8.56. The van der Waals surface area contributed by atoms with Crippen LogP contribution in [0.1, 0.15) is 37.3 Å². The molecule has 1 aromatic rings. The lowest BCUT2D eigenvalue weighted by molar-refractivity contribution is -0.131. The lowest BCUT2D eigenvalue weighted by Gasteiger charge is -2.16. The molecule has 0 fully saturated rings. The van der Waals surface area contributed by atoms with Crippen LogP contribution >= 0.6 is 0 Å². The van der Waals surface area contributed by atoms with E-state index in [2.05, 4.69) is 31.0 Å². The Bertz CT molecular complexity index is 409. The molecule has 0 spiro atoms. The van der Waals surface area contributed by atoms with E-state index in [1.807, 2.05) is 12.1 Å². The molecule has 0 atom stereocenters. The van der Waals surface area contributed by atoms with Crippen molar-refractivity contribution in [2.24, 2.45) is 0 Å². The van der Waals surface area contributed by atoms with Gasteiger partial charge in [0, 0.05) is 12.6 Å². The van der Waals surface area contributed by atoms with Crippen molar-refractivity contribution in [2.45, 2.75) is 32.7 Å². The van der Waals surface area contributed by atoms with Gasteiger partial charge in [-0.3, -0.25) is 0 Å². The molecule has 0 aliphatic carbocycles. The smallest absolute Gasteiger partial charge is 0.328 e. The van der Waals surface area contributed by atoms with Crippen LogP contribution in [-0.2, 0) is 11.3 Å². The number of carboxylic acid groups (broad SMARTS) is 1. The van der Waals surface area contributed by atoms with Gasteiger partial charge >= 0.3 is 5.97 Å². The van der Waals surface area contributed by atoms with Crippen LogP contribution in [0.25, 0.3) is 6.08 Å². The molecule has 0 aliphatic rings. The molecular formula is C16H23NO2. The molecule has 1 rings (SSSR count). The number of rotatable bonds is 8. The molecule has 19 heavy (non-hydrogen) atoms. The van der Waals surface area contributed by atoms with Crippen LogP contribution in [0.2, 0.25) is 0 Å². The van der Waals surface area contributed by atoms with Crippen molar-refractivity contribution >= 4 is 12.0 Å². The Labute approximate surface area is 115 Å². The number of benzene rings is 1. The van der Waals surface area contributed by atoms with Gasteiger partial charge in [-0.25, -0.2) is 4.79 Å². The number of carboxylic acids is 1. The third-order valence-corrected chi connectivity index (χ3v) is 2.99. The predicted octanol–water partition coefficient (Wildman–Crippen LogP) is 3.41. The Kier molecular flexibility index (Phi) is 6.90. The van der Waals surface area contributed by atoms with Crippen LogP contribution in [0.5, 0.6) is 0 Å². The second-order valence-electron chi connectivity index (χ2n) is 4.86. The summed E-state index contributed by atoms with van der Waals surface area (Å²) in [6.07, 6.45) is 6.54. The van der Waals surface area contributed by atoms with Crippen LogP contribution < -0.4 is 0 Å². The van der Waals surface area contributed by atoms with Crippen molar-refractivity contribution in [3.8, 4) is 0 Å². The molecule has 0 radical (unpaired) electrons. The number of hydrogen-bond donors (Lipinski definition) is 1. The molecular weight excluding hydrogens is 238 g/mol. The molecule has 104 valence electrons. The van der Waals surface area contributed by atoms with Gasteiger partial charge in [0.2, 0.25) is 0 Å². The average molecular weight is 261 g/mol. The normalized spacial score (nSPS) is 11.3. The van der Waals surface area contributed by atoms with E-state index in [4.69, 9.17) is 5.11 Å². The van der Waals surface area contributed by atoms with Gasteiger partial charge in [0.05, 0.1) is 0 Å². The first-order chi connectivity index (χ1) is 9.11. The summed E-state index contributed by atoms with van der Waals surface area (Å²) in [6, 6.07) is 8.01. The van der Waals surface area contributed by atoms with Crippen LogP contribution in [0.15, 0.2) is 30.3 Å². The van der Waals surface area contributed by atoms with Gasteiger partial charge < -0.3 is 10.0 Å². The largest absolute Gasteiger partial charge is 0.478 e. The van der Waals surface area contributed by atoms with E-state index >= 15 is 0 Å². The van der Waals surface area contributed by atoms with Crippen molar-refractivity contribution in [3.63, 3.8) is 0 Å². The fourth-order valence-electron chi connectivity index (χ4n) is 1.92. The van der Waals surface area contributed by atoms with Crippen molar-refractivity contribution in [3.05, 3.63) is 41.5 Å². The monoisotopic (exact) mass is 261 g/mol. The summed E-state index contributed by atoms with van der Waals surface area (Å²) < 4.78 is 0. The maximum absolute atomic E-state index is 10.4.